The van der Waals surface area contributed by atoms with Crippen LogP contribution in [0.1, 0.15) is 39.0 Å². The zero-order valence-electron chi connectivity index (χ0n) is 11.7. The van der Waals surface area contributed by atoms with Gasteiger partial charge in [0.1, 0.15) is 11.6 Å². The molecule has 20 heavy (non-hydrogen) atoms. The van der Waals surface area contributed by atoms with Crippen LogP contribution >= 0.6 is 15.9 Å². The molecule has 1 saturated heterocycles. The summed E-state index contributed by atoms with van der Waals surface area (Å²) < 4.78 is 27.2. The normalized spacial score (nSPS) is 21.3. The van der Waals surface area contributed by atoms with Crippen LogP contribution in [0.3, 0.4) is 0 Å². The van der Waals surface area contributed by atoms with Gasteiger partial charge in [0.25, 0.3) is 0 Å². The summed E-state index contributed by atoms with van der Waals surface area (Å²) in [6.45, 7) is 3.09. The third kappa shape index (κ3) is 4.42. The van der Waals surface area contributed by atoms with Crippen molar-refractivity contribution in [1.29, 1.82) is 0 Å². The predicted molar refractivity (Wildman–Crippen MR) is 82.0 cm³/mol. The lowest BCUT2D eigenvalue weighted by Crippen LogP contribution is -2.33. The Balaban J connectivity index is 1.93. The fourth-order valence-corrected chi connectivity index (χ4v) is 3.03. The van der Waals surface area contributed by atoms with E-state index in [9.17, 15) is 8.78 Å². The van der Waals surface area contributed by atoms with Gasteiger partial charge in [-0.25, -0.2) is 8.78 Å². The zero-order valence-corrected chi connectivity index (χ0v) is 13.3. The third-order valence-electron chi connectivity index (χ3n) is 3.71. The van der Waals surface area contributed by atoms with Crippen LogP contribution in [0.15, 0.2) is 16.6 Å². The molecule has 2 rings (SSSR count). The minimum Gasteiger partial charge on any atom is -0.380 e. The van der Waals surface area contributed by atoms with Crippen molar-refractivity contribution in [1.82, 2.24) is 5.32 Å². The van der Waals surface area contributed by atoms with E-state index in [1.165, 1.54) is 31.7 Å². The van der Waals surface area contributed by atoms with Gasteiger partial charge in [0, 0.05) is 18.2 Å². The number of nitrogens with one attached hydrogen (secondary N) is 2. The first-order chi connectivity index (χ1) is 9.56. The Bertz CT molecular complexity index is 446. The van der Waals surface area contributed by atoms with E-state index >= 15 is 0 Å². The van der Waals surface area contributed by atoms with Crippen molar-refractivity contribution in [3.63, 3.8) is 0 Å². The number of hydrogen-bond acceptors (Lipinski definition) is 2. The van der Waals surface area contributed by atoms with Crippen LogP contribution in [0.4, 0.5) is 14.5 Å². The second kappa shape index (κ2) is 7.36. The maximum Gasteiger partial charge on any atom is 0.149 e. The number of halogens is 3. The molecule has 5 heteroatoms. The average molecular weight is 347 g/mol. The standard InChI is InChI=1S/C15H21BrF2N2/c1-10(7-11-5-3-2-4-6-19-11)20-15-8-12(16)13(17)9-14(15)18/h8-11,19-20H,2-7H2,1H3. The molecule has 2 atom stereocenters. The highest BCUT2D eigenvalue weighted by atomic mass is 79.9. The Morgan fingerprint density at radius 3 is 2.90 bits per heavy atom. The Hall–Kier alpha value is -0.680. The largest absolute Gasteiger partial charge is 0.380 e. The van der Waals surface area contributed by atoms with Gasteiger partial charge in [-0.2, -0.15) is 0 Å². The molecule has 0 spiro atoms. The predicted octanol–water partition coefficient (Wildman–Crippen LogP) is 4.45. The van der Waals surface area contributed by atoms with Crippen molar-refractivity contribution in [2.75, 3.05) is 11.9 Å². The van der Waals surface area contributed by atoms with Crippen LogP contribution in [0.25, 0.3) is 0 Å². The molecule has 0 aromatic heterocycles. The van der Waals surface area contributed by atoms with Gasteiger partial charge < -0.3 is 10.6 Å². The van der Waals surface area contributed by atoms with Crippen LogP contribution in [-0.2, 0) is 0 Å². The summed E-state index contributed by atoms with van der Waals surface area (Å²) in [6, 6.07) is 2.98. The van der Waals surface area contributed by atoms with Crippen molar-refractivity contribution >= 4 is 21.6 Å². The molecule has 112 valence electrons. The van der Waals surface area contributed by atoms with Crippen molar-refractivity contribution in [3.05, 3.63) is 28.2 Å². The fraction of sp³-hybridized carbons (Fsp3) is 0.600. The molecule has 1 heterocycles. The van der Waals surface area contributed by atoms with Gasteiger partial charge in [0.15, 0.2) is 0 Å². The van der Waals surface area contributed by atoms with Gasteiger partial charge in [-0.05, 0) is 54.7 Å². The van der Waals surface area contributed by atoms with E-state index in [1.807, 2.05) is 6.92 Å². The first kappa shape index (κ1) is 15.7. The highest BCUT2D eigenvalue weighted by molar-refractivity contribution is 9.10. The summed E-state index contributed by atoms with van der Waals surface area (Å²) in [4.78, 5) is 0. The summed E-state index contributed by atoms with van der Waals surface area (Å²) in [5, 5.41) is 6.66. The molecule has 1 aromatic rings. The number of benzene rings is 1. The highest BCUT2D eigenvalue weighted by Crippen LogP contribution is 2.25. The van der Waals surface area contributed by atoms with Gasteiger partial charge in [0.05, 0.1) is 10.2 Å². The SMILES string of the molecule is CC(CC1CCCCCN1)Nc1cc(Br)c(F)cc1F. The fourth-order valence-electron chi connectivity index (χ4n) is 2.69. The molecule has 0 bridgehead atoms. The summed E-state index contributed by atoms with van der Waals surface area (Å²) >= 11 is 3.08. The van der Waals surface area contributed by atoms with Crippen LogP contribution < -0.4 is 10.6 Å². The molecular weight excluding hydrogens is 326 g/mol. The molecule has 1 fully saturated rings. The average Bonchev–Trinajstić information content (AvgIpc) is 2.64. The Morgan fingerprint density at radius 2 is 2.10 bits per heavy atom. The topological polar surface area (TPSA) is 24.1 Å². The smallest absolute Gasteiger partial charge is 0.149 e. The van der Waals surface area contributed by atoms with Gasteiger partial charge in [-0.1, -0.05) is 12.8 Å². The molecule has 2 N–H and O–H groups in total. The van der Waals surface area contributed by atoms with Crippen molar-refractivity contribution < 1.29 is 8.78 Å². The summed E-state index contributed by atoms with van der Waals surface area (Å²) in [5.74, 6) is -1.13. The molecule has 2 unspecified atom stereocenters. The first-order valence-electron chi connectivity index (χ1n) is 7.20. The summed E-state index contributed by atoms with van der Waals surface area (Å²) in [7, 11) is 0. The Labute approximate surface area is 127 Å². The van der Waals surface area contributed by atoms with E-state index in [4.69, 9.17) is 0 Å². The van der Waals surface area contributed by atoms with E-state index in [-0.39, 0.29) is 10.5 Å². The van der Waals surface area contributed by atoms with E-state index in [0.717, 1.165) is 19.0 Å². The minimum absolute atomic E-state index is 0.137. The van der Waals surface area contributed by atoms with Crippen LogP contribution in [0, 0.1) is 11.6 Å². The van der Waals surface area contributed by atoms with Crippen molar-refractivity contribution in [2.45, 2.75) is 51.1 Å². The van der Waals surface area contributed by atoms with Gasteiger partial charge in [0.2, 0.25) is 0 Å². The molecule has 0 radical (unpaired) electrons. The van der Waals surface area contributed by atoms with E-state index in [1.54, 1.807) is 0 Å². The molecular formula is C15H21BrF2N2. The molecule has 0 saturated carbocycles. The molecule has 2 nitrogen and oxygen atoms in total. The lowest BCUT2D eigenvalue weighted by Gasteiger charge is -2.22. The first-order valence-corrected chi connectivity index (χ1v) is 8.00. The van der Waals surface area contributed by atoms with Crippen molar-refractivity contribution in [3.8, 4) is 0 Å². The van der Waals surface area contributed by atoms with Crippen LogP contribution in [0.2, 0.25) is 0 Å². The molecule has 0 aliphatic carbocycles. The summed E-state index contributed by atoms with van der Waals surface area (Å²) in [6.07, 6.45) is 5.87. The zero-order chi connectivity index (χ0) is 14.5. The maximum absolute atomic E-state index is 13.7. The van der Waals surface area contributed by atoms with Crippen LogP contribution in [0.5, 0.6) is 0 Å². The van der Waals surface area contributed by atoms with Gasteiger partial charge in [-0.15, -0.1) is 0 Å². The highest BCUT2D eigenvalue weighted by Gasteiger charge is 2.16. The second-order valence-corrected chi connectivity index (χ2v) is 6.38. The molecule has 1 aliphatic rings. The lowest BCUT2D eigenvalue weighted by molar-refractivity contribution is 0.455. The Morgan fingerprint density at radius 1 is 1.30 bits per heavy atom. The molecule has 1 aliphatic heterocycles. The number of hydrogen-bond donors (Lipinski definition) is 2. The van der Waals surface area contributed by atoms with E-state index < -0.39 is 11.6 Å². The molecule has 0 amide bonds. The monoisotopic (exact) mass is 346 g/mol. The number of rotatable bonds is 4. The van der Waals surface area contributed by atoms with Crippen molar-refractivity contribution in [2.24, 2.45) is 0 Å². The lowest BCUT2D eigenvalue weighted by atomic mass is 10.0. The van der Waals surface area contributed by atoms with E-state index in [2.05, 4.69) is 26.6 Å². The van der Waals surface area contributed by atoms with Gasteiger partial charge >= 0.3 is 0 Å². The quantitative estimate of drug-likeness (QED) is 0.787. The second-order valence-electron chi connectivity index (χ2n) is 5.53. The minimum atomic E-state index is -0.578. The summed E-state index contributed by atoms with van der Waals surface area (Å²) in [5.41, 5.74) is 0.347. The van der Waals surface area contributed by atoms with Gasteiger partial charge in [-0.3, -0.25) is 0 Å². The van der Waals surface area contributed by atoms with Crippen LogP contribution in [-0.4, -0.2) is 18.6 Å². The Kier molecular flexibility index (Phi) is 5.78. The maximum atomic E-state index is 13.7. The third-order valence-corrected chi connectivity index (χ3v) is 4.32. The van der Waals surface area contributed by atoms with E-state index in [0.29, 0.717) is 11.7 Å². The molecule has 1 aromatic carbocycles. The number of anilines is 1.